The Labute approximate surface area is 142 Å². The number of hydrogen-bond donors (Lipinski definition) is 1. The quantitative estimate of drug-likeness (QED) is 0.870. The van der Waals surface area contributed by atoms with E-state index in [1.54, 1.807) is 6.07 Å². The van der Waals surface area contributed by atoms with E-state index < -0.39 is 10.0 Å². The molecule has 2 aliphatic rings. The van der Waals surface area contributed by atoms with Gasteiger partial charge in [-0.1, -0.05) is 11.6 Å². The third-order valence-electron chi connectivity index (χ3n) is 4.06. The fourth-order valence-electron chi connectivity index (χ4n) is 2.87. The van der Waals surface area contributed by atoms with E-state index in [0.29, 0.717) is 43.1 Å². The van der Waals surface area contributed by atoms with Crippen molar-refractivity contribution in [3.8, 4) is 5.75 Å². The van der Waals surface area contributed by atoms with Crippen LogP contribution in [0.5, 0.6) is 5.75 Å². The van der Waals surface area contributed by atoms with Crippen molar-refractivity contribution in [2.45, 2.75) is 43.2 Å². The molecule has 1 aromatic rings. The second-order valence-electron chi connectivity index (χ2n) is 5.77. The topological polar surface area (TPSA) is 72.6 Å². The predicted molar refractivity (Wildman–Crippen MR) is 88.5 cm³/mol. The van der Waals surface area contributed by atoms with Crippen LogP contribution in [0.25, 0.3) is 0 Å². The third-order valence-corrected chi connectivity index (χ3v) is 6.21. The molecular formula is C14H20Cl2N2O3S. The monoisotopic (exact) mass is 366 g/mol. The van der Waals surface area contributed by atoms with Gasteiger partial charge in [0.25, 0.3) is 0 Å². The van der Waals surface area contributed by atoms with E-state index in [0.717, 1.165) is 5.56 Å². The van der Waals surface area contributed by atoms with Gasteiger partial charge < -0.3 is 10.5 Å². The van der Waals surface area contributed by atoms with Crippen LogP contribution >= 0.6 is 24.0 Å². The summed E-state index contributed by atoms with van der Waals surface area (Å²) in [6, 6.07) is 3.27. The summed E-state index contributed by atoms with van der Waals surface area (Å²) < 4.78 is 32.5. The van der Waals surface area contributed by atoms with Crippen LogP contribution in [-0.4, -0.2) is 38.0 Å². The minimum Gasteiger partial charge on any atom is -0.489 e. The van der Waals surface area contributed by atoms with Gasteiger partial charge in [0.1, 0.15) is 11.9 Å². The standard InChI is InChI=1S/C14H19ClN2O3S.ClH/c1-9-6-10-7-12(8-13(15)14(10)20-9)21(18,19)17-4-2-11(16)3-5-17;/h7-9,11H,2-6,16H2,1H3;1H. The number of hydrogen-bond acceptors (Lipinski definition) is 4. The summed E-state index contributed by atoms with van der Waals surface area (Å²) in [5.41, 5.74) is 6.70. The van der Waals surface area contributed by atoms with Crippen LogP contribution in [0.1, 0.15) is 25.3 Å². The molecule has 3 rings (SSSR count). The molecule has 8 heteroatoms. The van der Waals surface area contributed by atoms with Crippen LogP contribution < -0.4 is 10.5 Å². The molecular weight excluding hydrogens is 347 g/mol. The zero-order valence-electron chi connectivity index (χ0n) is 12.3. The molecule has 2 heterocycles. The number of fused-ring (bicyclic) bond motifs is 1. The first-order valence-corrected chi connectivity index (χ1v) is 8.94. The number of benzene rings is 1. The van der Waals surface area contributed by atoms with Gasteiger partial charge in [-0.2, -0.15) is 4.31 Å². The Kier molecular flexibility index (Phi) is 5.29. The lowest BCUT2D eigenvalue weighted by atomic mass is 10.1. The lowest BCUT2D eigenvalue weighted by Crippen LogP contribution is -2.42. The summed E-state index contributed by atoms with van der Waals surface area (Å²) in [6.45, 7) is 2.87. The van der Waals surface area contributed by atoms with Gasteiger partial charge in [-0.3, -0.25) is 0 Å². The number of piperidine rings is 1. The highest BCUT2D eigenvalue weighted by Gasteiger charge is 2.31. The maximum absolute atomic E-state index is 12.7. The van der Waals surface area contributed by atoms with E-state index in [9.17, 15) is 8.42 Å². The van der Waals surface area contributed by atoms with E-state index in [4.69, 9.17) is 22.1 Å². The Morgan fingerprint density at radius 1 is 1.32 bits per heavy atom. The van der Waals surface area contributed by atoms with Crippen LogP contribution in [0.4, 0.5) is 0 Å². The first-order chi connectivity index (χ1) is 9.88. The molecule has 0 saturated carbocycles. The molecule has 5 nitrogen and oxygen atoms in total. The minimum atomic E-state index is -3.51. The maximum Gasteiger partial charge on any atom is 0.243 e. The van der Waals surface area contributed by atoms with Crippen molar-refractivity contribution < 1.29 is 13.2 Å². The van der Waals surface area contributed by atoms with E-state index in [1.807, 2.05) is 6.92 Å². The fraction of sp³-hybridized carbons (Fsp3) is 0.571. The maximum atomic E-state index is 12.7. The van der Waals surface area contributed by atoms with Crippen molar-refractivity contribution in [1.29, 1.82) is 0 Å². The van der Waals surface area contributed by atoms with Gasteiger partial charge >= 0.3 is 0 Å². The van der Waals surface area contributed by atoms with Gasteiger partial charge in [-0.15, -0.1) is 12.4 Å². The normalized spacial score (nSPS) is 22.8. The zero-order chi connectivity index (χ0) is 15.2. The SMILES string of the molecule is CC1Cc2cc(S(=O)(=O)N3CCC(N)CC3)cc(Cl)c2O1.Cl. The molecule has 0 aliphatic carbocycles. The second kappa shape index (κ2) is 6.53. The lowest BCUT2D eigenvalue weighted by Gasteiger charge is -2.29. The van der Waals surface area contributed by atoms with Crippen molar-refractivity contribution in [3.05, 3.63) is 22.7 Å². The van der Waals surface area contributed by atoms with Gasteiger partial charge in [-0.25, -0.2) is 8.42 Å². The summed E-state index contributed by atoms with van der Waals surface area (Å²) in [4.78, 5) is 0.249. The first kappa shape index (κ1) is 17.8. The van der Waals surface area contributed by atoms with Crippen LogP contribution in [0, 0.1) is 0 Å². The van der Waals surface area contributed by atoms with Gasteiger partial charge in [0.05, 0.1) is 9.92 Å². The summed E-state index contributed by atoms with van der Waals surface area (Å²) in [5.74, 6) is 0.615. The Balaban J connectivity index is 0.00000176. The smallest absolute Gasteiger partial charge is 0.243 e. The molecule has 1 fully saturated rings. The average Bonchev–Trinajstić information content (AvgIpc) is 2.80. The molecule has 0 spiro atoms. The van der Waals surface area contributed by atoms with Crippen molar-refractivity contribution in [2.24, 2.45) is 5.73 Å². The number of halogens is 2. The molecule has 1 unspecified atom stereocenters. The largest absolute Gasteiger partial charge is 0.489 e. The third kappa shape index (κ3) is 3.21. The molecule has 0 aromatic heterocycles. The Morgan fingerprint density at radius 2 is 1.95 bits per heavy atom. The van der Waals surface area contributed by atoms with Crippen molar-refractivity contribution in [1.82, 2.24) is 4.31 Å². The van der Waals surface area contributed by atoms with Crippen molar-refractivity contribution >= 4 is 34.0 Å². The molecule has 1 atom stereocenters. The summed E-state index contributed by atoms with van der Waals surface area (Å²) in [5, 5.41) is 0.365. The second-order valence-corrected chi connectivity index (χ2v) is 8.11. The highest BCUT2D eigenvalue weighted by Crippen LogP contribution is 2.38. The van der Waals surface area contributed by atoms with E-state index in [1.165, 1.54) is 10.4 Å². The van der Waals surface area contributed by atoms with Crippen molar-refractivity contribution in [3.63, 3.8) is 0 Å². The molecule has 22 heavy (non-hydrogen) atoms. The molecule has 124 valence electrons. The summed E-state index contributed by atoms with van der Waals surface area (Å²) in [6.07, 6.45) is 2.10. The number of nitrogens with zero attached hydrogens (tertiary/aromatic N) is 1. The number of sulfonamides is 1. The van der Waals surface area contributed by atoms with Crippen LogP contribution in [0.15, 0.2) is 17.0 Å². The number of rotatable bonds is 2. The number of ether oxygens (including phenoxy) is 1. The highest BCUT2D eigenvalue weighted by atomic mass is 35.5. The highest BCUT2D eigenvalue weighted by molar-refractivity contribution is 7.89. The predicted octanol–water partition coefficient (Wildman–Crippen LogP) is 2.20. The van der Waals surface area contributed by atoms with E-state index >= 15 is 0 Å². The summed E-state index contributed by atoms with van der Waals surface area (Å²) >= 11 is 6.18. The molecule has 0 radical (unpaired) electrons. The lowest BCUT2D eigenvalue weighted by molar-refractivity contribution is 0.255. The molecule has 0 amide bonds. The Morgan fingerprint density at radius 3 is 2.59 bits per heavy atom. The van der Waals surface area contributed by atoms with Crippen molar-refractivity contribution in [2.75, 3.05) is 13.1 Å². The molecule has 0 bridgehead atoms. The molecule has 2 aliphatic heterocycles. The Hall–Kier alpha value is -0.530. The average molecular weight is 367 g/mol. The van der Waals surface area contributed by atoms with Crippen LogP contribution in [-0.2, 0) is 16.4 Å². The number of nitrogens with two attached hydrogens (primary N) is 1. The Bertz CT molecular complexity index is 658. The van der Waals surface area contributed by atoms with Crippen LogP contribution in [0.2, 0.25) is 5.02 Å². The van der Waals surface area contributed by atoms with Gasteiger partial charge in [0, 0.05) is 31.1 Å². The van der Waals surface area contributed by atoms with Crippen LogP contribution in [0.3, 0.4) is 0 Å². The van der Waals surface area contributed by atoms with Gasteiger partial charge in [0.15, 0.2) is 0 Å². The van der Waals surface area contributed by atoms with Gasteiger partial charge in [-0.05, 0) is 31.9 Å². The molecule has 1 aromatic carbocycles. The molecule has 2 N–H and O–H groups in total. The van der Waals surface area contributed by atoms with Gasteiger partial charge in [0.2, 0.25) is 10.0 Å². The molecule has 1 saturated heterocycles. The minimum absolute atomic E-state index is 0. The van der Waals surface area contributed by atoms with E-state index in [2.05, 4.69) is 0 Å². The zero-order valence-corrected chi connectivity index (χ0v) is 14.7. The van der Waals surface area contributed by atoms with E-state index in [-0.39, 0.29) is 29.4 Å². The summed E-state index contributed by atoms with van der Waals surface area (Å²) in [7, 11) is -3.51. The first-order valence-electron chi connectivity index (χ1n) is 7.12. The fourth-order valence-corrected chi connectivity index (χ4v) is 4.77.